The van der Waals surface area contributed by atoms with Gasteiger partial charge in [0.05, 0.1) is 7.11 Å². The number of methoxy groups -OCH3 is 1. The molecule has 0 fully saturated rings. The van der Waals surface area contributed by atoms with Crippen LogP contribution < -0.4 is 9.47 Å². The molecule has 0 aliphatic heterocycles. The van der Waals surface area contributed by atoms with E-state index in [-0.39, 0.29) is 0 Å². The first-order chi connectivity index (χ1) is 9.74. The van der Waals surface area contributed by atoms with E-state index in [4.69, 9.17) is 9.47 Å². The minimum absolute atomic E-state index is 0.541. The number of ether oxygens (including phenoxy) is 2. The van der Waals surface area contributed by atoms with Crippen molar-refractivity contribution in [1.82, 2.24) is 0 Å². The molecule has 0 radical (unpaired) electrons. The van der Waals surface area contributed by atoms with E-state index in [1.165, 1.54) is 5.56 Å². The lowest BCUT2D eigenvalue weighted by Crippen LogP contribution is -1.98. The van der Waals surface area contributed by atoms with Gasteiger partial charge in [0.2, 0.25) is 0 Å². The monoisotopic (exact) mass is 268 g/mol. The van der Waals surface area contributed by atoms with Crippen LogP contribution in [0, 0.1) is 6.92 Å². The second kappa shape index (κ2) is 6.80. The van der Waals surface area contributed by atoms with Crippen molar-refractivity contribution in [3.8, 4) is 11.5 Å². The smallest absolute Gasteiger partial charge is 0.161 e. The molecule has 0 aliphatic rings. The zero-order valence-corrected chi connectivity index (χ0v) is 12.2. The molecule has 0 heterocycles. The van der Waals surface area contributed by atoms with E-state index < -0.39 is 0 Å². The maximum atomic E-state index is 5.88. The second-order valence-electron chi connectivity index (χ2n) is 4.63. The molecule has 0 N–H and O–H groups in total. The van der Waals surface area contributed by atoms with Gasteiger partial charge in [-0.15, -0.1) is 0 Å². The molecule has 0 spiro atoms. The molecule has 104 valence electrons. The molecular formula is C18H20O2. The Hall–Kier alpha value is -2.22. The number of aryl methyl sites for hydroxylation is 1. The third-order valence-electron chi connectivity index (χ3n) is 3.14. The van der Waals surface area contributed by atoms with Crippen LogP contribution in [0.25, 0.3) is 6.08 Å². The first-order valence-electron chi connectivity index (χ1n) is 6.72. The van der Waals surface area contributed by atoms with Crippen LogP contribution >= 0.6 is 0 Å². The van der Waals surface area contributed by atoms with Gasteiger partial charge in [-0.25, -0.2) is 0 Å². The van der Waals surface area contributed by atoms with Crippen molar-refractivity contribution in [2.24, 2.45) is 0 Å². The fraction of sp³-hybridized carbons (Fsp3) is 0.222. The highest BCUT2D eigenvalue weighted by atomic mass is 16.5. The summed E-state index contributed by atoms with van der Waals surface area (Å²) in [6.07, 6.45) is 4.09. The average molecular weight is 268 g/mol. The Morgan fingerprint density at radius 3 is 2.45 bits per heavy atom. The van der Waals surface area contributed by atoms with Crippen molar-refractivity contribution in [1.29, 1.82) is 0 Å². The molecule has 0 aliphatic carbocycles. The largest absolute Gasteiger partial charge is 0.493 e. The minimum atomic E-state index is 0.541. The van der Waals surface area contributed by atoms with E-state index in [1.807, 2.05) is 55.5 Å². The van der Waals surface area contributed by atoms with Gasteiger partial charge in [-0.2, -0.15) is 0 Å². The van der Waals surface area contributed by atoms with Crippen LogP contribution in [0.3, 0.4) is 0 Å². The van der Waals surface area contributed by atoms with Gasteiger partial charge in [-0.1, -0.05) is 42.5 Å². The van der Waals surface area contributed by atoms with E-state index in [2.05, 4.69) is 13.0 Å². The predicted molar refractivity (Wildman–Crippen MR) is 83.2 cm³/mol. The van der Waals surface area contributed by atoms with Crippen molar-refractivity contribution in [3.05, 3.63) is 65.2 Å². The molecule has 0 aromatic heterocycles. The summed E-state index contributed by atoms with van der Waals surface area (Å²) in [6.45, 7) is 4.62. The lowest BCUT2D eigenvalue weighted by molar-refractivity contribution is 0.284. The van der Waals surface area contributed by atoms with E-state index in [0.29, 0.717) is 6.61 Å². The molecule has 0 saturated heterocycles. The average Bonchev–Trinajstić information content (AvgIpc) is 2.48. The highest BCUT2D eigenvalue weighted by Crippen LogP contribution is 2.31. The molecule has 2 aromatic rings. The van der Waals surface area contributed by atoms with E-state index in [1.54, 1.807) is 7.11 Å². The van der Waals surface area contributed by atoms with Gasteiger partial charge < -0.3 is 9.47 Å². The summed E-state index contributed by atoms with van der Waals surface area (Å²) in [5, 5.41) is 0. The lowest BCUT2D eigenvalue weighted by atomic mass is 10.1. The van der Waals surface area contributed by atoms with Crippen molar-refractivity contribution < 1.29 is 9.47 Å². The fourth-order valence-electron chi connectivity index (χ4n) is 2.04. The number of hydrogen-bond donors (Lipinski definition) is 0. The Kier molecular flexibility index (Phi) is 4.83. The molecule has 2 aromatic carbocycles. The summed E-state index contributed by atoms with van der Waals surface area (Å²) in [5.41, 5.74) is 3.47. The third kappa shape index (κ3) is 3.41. The van der Waals surface area contributed by atoms with Crippen molar-refractivity contribution in [2.45, 2.75) is 20.5 Å². The fourth-order valence-corrected chi connectivity index (χ4v) is 2.04. The molecule has 20 heavy (non-hydrogen) atoms. The van der Waals surface area contributed by atoms with Crippen LogP contribution in [-0.4, -0.2) is 7.11 Å². The van der Waals surface area contributed by atoms with Crippen LogP contribution in [0.4, 0.5) is 0 Å². The molecule has 2 nitrogen and oxygen atoms in total. The second-order valence-corrected chi connectivity index (χ2v) is 4.63. The Labute approximate surface area is 120 Å². The zero-order chi connectivity index (χ0) is 14.4. The molecule has 0 saturated carbocycles. The van der Waals surface area contributed by atoms with Gasteiger partial charge >= 0.3 is 0 Å². The van der Waals surface area contributed by atoms with Gasteiger partial charge in [0.25, 0.3) is 0 Å². The van der Waals surface area contributed by atoms with Crippen LogP contribution in [0.1, 0.15) is 23.6 Å². The Balaban J connectivity index is 2.21. The Morgan fingerprint density at radius 1 is 1.05 bits per heavy atom. The normalized spacial score (nSPS) is 10.8. The van der Waals surface area contributed by atoms with Gasteiger partial charge in [-0.3, -0.25) is 0 Å². The van der Waals surface area contributed by atoms with Crippen LogP contribution in [-0.2, 0) is 6.61 Å². The molecular weight excluding hydrogens is 248 g/mol. The molecule has 0 atom stereocenters. The number of allylic oxidation sites excluding steroid dienone is 1. The summed E-state index contributed by atoms with van der Waals surface area (Å²) < 4.78 is 11.3. The molecule has 2 rings (SSSR count). The maximum Gasteiger partial charge on any atom is 0.161 e. The first kappa shape index (κ1) is 14.2. The summed E-state index contributed by atoms with van der Waals surface area (Å²) in [4.78, 5) is 0. The minimum Gasteiger partial charge on any atom is -0.493 e. The highest BCUT2D eigenvalue weighted by Gasteiger charge is 2.08. The summed E-state index contributed by atoms with van der Waals surface area (Å²) in [5.74, 6) is 1.54. The highest BCUT2D eigenvalue weighted by molar-refractivity contribution is 5.59. The van der Waals surface area contributed by atoms with Crippen LogP contribution in [0.15, 0.2) is 48.5 Å². The van der Waals surface area contributed by atoms with Crippen LogP contribution in [0.2, 0.25) is 0 Å². The number of benzene rings is 2. The van der Waals surface area contributed by atoms with Crippen molar-refractivity contribution >= 4 is 6.08 Å². The Morgan fingerprint density at radius 2 is 1.80 bits per heavy atom. The van der Waals surface area contributed by atoms with E-state index >= 15 is 0 Å². The molecule has 0 amide bonds. The SMILES string of the molecule is C/C=C\c1cc(OC)c(OCc2ccccc2)cc1C. The number of hydrogen-bond acceptors (Lipinski definition) is 2. The van der Waals surface area contributed by atoms with Gasteiger partial charge in [0.1, 0.15) is 6.61 Å². The first-order valence-corrected chi connectivity index (χ1v) is 6.72. The van der Waals surface area contributed by atoms with Gasteiger partial charge in [0, 0.05) is 0 Å². The van der Waals surface area contributed by atoms with Gasteiger partial charge in [0.15, 0.2) is 11.5 Å². The third-order valence-corrected chi connectivity index (χ3v) is 3.14. The van der Waals surface area contributed by atoms with Crippen molar-refractivity contribution in [3.63, 3.8) is 0 Å². The standard InChI is InChI=1S/C18H20O2/c1-4-8-16-12-17(19-3)18(11-14(16)2)20-13-15-9-6-5-7-10-15/h4-12H,13H2,1-3H3/b8-4-. The molecule has 0 unspecified atom stereocenters. The Bertz CT molecular complexity index is 586. The summed E-state index contributed by atoms with van der Waals surface area (Å²) in [7, 11) is 1.67. The molecule has 2 heteroatoms. The summed E-state index contributed by atoms with van der Waals surface area (Å²) >= 11 is 0. The quantitative estimate of drug-likeness (QED) is 0.788. The number of rotatable bonds is 5. The zero-order valence-electron chi connectivity index (χ0n) is 12.2. The van der Waals surface area contributed by atoms with Gasteiger partial charge in [-0.05, 0) is 42.7 Å². The molecule has 0 bridgehead atoms. The van der Waals surface area contributed by atoms with Crippen molar-refractivity contribution in [2.75, 3.05) is 7.11 Å². The van der Waals surface area contributed by atoms with Crippen LogP contribution in [0.5, 0.6) is 11.5 Å². The topological polar surface area (TPSA) is 18.5 Å². The van der Waals surface area contributed by atoms with E-state index in [9.17, 15) is 0 Å². The predicted octanol–water partition coefficient (Wildman–Crippen LogP) is 4.62. The maximum absolute atomic E-state index is 5.88. The lowest BCUT2D eigenvalue weighted by Gasteiger charge is -2.13. The summed E-state index contributed by atoms with van der Waals surface area (Å²) in [6, 6.07) is 14.2. The van der Waals surface area contributed by atoms with E-state index in [0.717, 1.165) is 22.6 Å².